The topological polar surface area (TPSA) is 59.6 Å². The summed E-state index contributed by atoms with van der Waals surface area (Å²) in [5, 5.41) is 6.34. The second-order valence-corrected chi connectivity index (χ2v) is 6.89. The van der Waals surface area contributed by atoms with Gasteiger partial charge in [0.1, 0.15) is 11.4 Å². The van der Waals surface area contributed by atoms with Crippen molar-refractivity contribution < 1.29 is 14.3 Å². The number of aryl methyl sites for hydroxylation is 1. The fraction of sp³-hybridized carbons (Fsp3) is 0.611. The van der Waals surface area contributed by atoms with E-state index in [1.54, 1.807) is 7.11 Å². The fourth-order valence-corrected chi connectivity index (χ4v) is 2.79. The first-order valence-corrected chi connectivity index (χ1v) is 8.26. The van der Waals surface area contributed by atoms with Crippen molar-refractivity contribution in [1.29, 1.82) is 0 Å². The van der Waals surface area contributed by atoms with Crippen molar-refractivity contribution in [3.05, 3.63) is 29.3 Å². The molecule has 5 heteroatoms. The molecule has 1 atom stereocenters. The van der Waals surface area contributed by atoms with E-state index in [-0.39, 0.29) is 6.09 Å². The maximum Gasteiger partial charge on any atom is 0.407 e. The van der Waals surface area contributed by atoms with Gasteiger partial charge in [-0.1, -0.05) is 6.07 Å². The number of methoxy groups -OCH3 is 1. The van der Waals surface area contributed by atoms with Gasteiger partial charge in [-0.2, -0.15) is 0 Å². The van der Waals surface area contributed by atoms with Gasteiger partial charge in [0, 0.05) is 12.6 Å². The van der Waals surface area contributed by atoms with E-state index in [1.807, 2.05) is 26.8 Å². The summed E-state index contributed by atoms with van der Waals surface area (Å²) >= 11 is 0. The Morgan fingerprint density at radius 2 is 2.09 bits per heavy atom. The Bertz CT molecular complexity index is 538. The Balaban J connectivity index is 1.70. The Morgan fingerprint density at radius 3 is 2.78 bits per heavy atom. The van der Waals surface area contributed by atoms with Gasteiger partial charge in [-0.15, -0.1) is 0 Å². The molecule has 0 radical (unpaired) electrons. The summed E-state index contributed by atoms with van der Waals surface area (Å²) in [6.45, 7) is 7.05. The average molecular weight is 320 g/mol. The molecule has 2 rings (SSSR count). The maximum atomic E-state index is 11.5. The molecule has 1 amide bonds. The van der Waals surface area contributed by atoms with E-state index in [2.05, 4.69) is 22.8 Å². The van der Waals surface area contributed by atoms with Crippen LogP contribution in [-0.4, -0.2) is 31.9 Å². The molecule has 0 bridgehead atoms. The molecule has 0 saturated heterocycles. The van der Waals surface area contributed by atoms with Crippen molar-refractivity contribution in [3.63, 3.8) is 0 Å². The van der Waals surface area contributed by atoms with Crippen LogP contribution in [0, 0.1) is 0 Å². The zero-order valence-corrected chi connectivity index (χ0v) is 14.6. The van der Waals surface area contributed by atoms with Crippen LogP contribution in [0.2, 0.25) is 0 Å². The van der Waals surface area contributed by atoms with Crippen LogP contribution in [-0.2, 0) is 11.2 Å². The molecule has 1 unspecified atom stereocenters. The van der Waals surface area contributed by atoms with Crippen molar-refractivity contribution in [1.82, 2.24) is 10.6 Å². The van der Waals surface area contributed by atoms with Crippen LogP contribution >= 0.6 is 0 Å². The van der Waals surface area contributed by atoms with Crippen LogP contribution in [0.4, 0.5) is 4.79 Å². The zero-order valence-electron chi connectivity index (χ0n) is 14.6. The number of carbonyl (C=O) groups is 1. The van der Waals surface area contributed by atoms with Crippen LogP contribution in [0.15, 0.2) is 18.2 Å². The highest BCUT2D eigenvalue weighted by Gasteiger charge is 2.22. The number of hydrogen-bond acceptors (Lipinski definition) is 4. The van der Waals surface area contributed by atoms with E-state index >= 15 is 0 Å². The Labute approximate surface area is 138 Å². The number of benzene rings is 1. The number of nitrogens with one attached hydrogen (secondary N) is 2. The van der Waals surface area contributed by atoms with Crippen molar-refractivity contribution in [2.24, 2.45) is 0 Å². The van der Waals surface area contributed by atoms with Gasteiger partial charge < -0.3 is 20.1 Å². The summed E-state index contributed by atoms with van der Waals surface area (Å²) in [6, 6.07) is 6.67. The highest BCUT2D eigenvalue weighted by atomic mass is 16.6. The van der Waals surface area contributed by atoms with Crippen molar-refractivity contribution in [2.45, 2.75) is 51.7 Å². The average Bonchev–Trinajstić information content (AvgIpc) is 2.87. The Morgan fingerprint density at radius 1 is 1.30 bits per heavy atom. The van der Waals surface area contributed by atoms with Crippen molar-refractivity contribution in [3.8, 4) is 5.75 Å². The lowest BCUT2D eigenvalue weighted by molar-refractivity contribution is 0.0527. The number of amides is 1. The largest absolute Gasteiger partial charge is 0.497 e. The molecule has 1 aliphatic rings. The van der Waals surface area contributed by atoms with Gasteiger partial charge in [-0.05, 0) is 69.8 Å². The molecule has 23 heavy (non-hydrogen) atoms. The standard InChI is InChI=1S/C18H28N2O3/c1-18(2,3)23-17(21)20-11-5-10-19-16-9-7-13-6-8-14(22-4)12-15(13)16/h6,8,12,16,19H,5,7,9-11H2,1-4H3,(H,20,21). The summed E-state index contributed by atoms with van der Waals surface area (Å²) in [5.41, 5.74) is 2.29. The number of rotatable bonds is 6. The minimum Gasteiger partial charge on any atom is -0.497 e. The summed E-state index contributed by atoms with van der Waals surface area (Å²) in [4.78, 5) is 11.5. The summed E-state index contributed by atoms with van der Waals surface area (Å²) < 4.78 is 10.5. The van der Waals surface area contributed by atoms with Gasteiger partial charge in [-0.3, -0.25) is 0 Å². The predicted octanol–water partition coefficient (Wildman–Crippen LogP) is 3.19. The third-order valence-corrected chi connectivity index (χ3v) is 3.84. The van der Waals surface area contributed by atoms with Gasteiger partial charge in [0.05, 0.1) is 7.11 Å². The first-order valence-electron chi connectivity index (χ1n) is 8.26. The van der Waals surface area contributed by atoms with Gasteiger partial charge in [0.2, 0.25) is 0 Å². The molecule has 1 aromatic carbocycles. The second kappa shape index (κ2) is 7.68. The third-order valence-electron chi connectivity index (χ3n) is 3.84. The van der Waals surface area contributed by atoms with E-state index in [0.29, 0.717) is 12.6 Å². The monoisotopic (exact) mass is 320 g/mol. The van der Waals surface area contributed by atoms with Crippen molar-refractivity contribution >= 4 is 6.09 Å². The van der Waals surface area contributed by atoms with Crippen LogP contribution in [0.3, 0.4) is 0 Å². The molecule has 5 nitrogen and oxygen atoms in total. The first-order chi connectivity index (χ1) is 10.9. The van der Waals surface area contributed by atoms with Crippen LogP contribution in [0.5, 0.6) is 5.75 Å². The van der Waals surface area contributed by atoms with E-state index in [4.69, 9.17) is 9.47 Å². The summed E-state index contributed by atoms with van der Waals surface area (Å²) in [5.74, 6) is 0.907. The number of fused-ring (bicyclic) bond motifs is 1. The lowest BCUT2D eigenvalue weighted by Gasteiger charge is -2.20. The van der Waals surface area contributed by atoms with Crippen molar-refractivity contribution in [2.75, 3.05) is 20.2 Å². The van der Waals surface area contributed by atoms with Gasteiger partial charge in [0.25, 0.3) is 0 Å². The highest BCUT2D eigenvalue weighted by Crippen LogP contribution is 2.33. The lowest BCUT2D eigenvalue weighted by Crippen LogP contribution is -2.34. The van der Waals surface area contributed by atoms with E-state index < -0.39 is 5.60 Å². The highest BCUT2D eigenvalue weighted by molar-refractivity contribution is 5.67. The molecular formula is C18H28N2O3. The molecular weight excluding hydrogens is 292 g/mol. The number of hydrogen-bond donors (Lipinski definition) is 2. The first kappa shape index (κ1) is 17.6. The molecule has 0 aliphatic heterocycles. The molecule has 1 aromatic rings. The summed E-state index contributed by atoms with van der Waals surface area (Å²) in [7, 11) is 1.70. The minimum absolute atomic E-state index is 0.353. The van der Waals surface area contributed by atoms with Crippen LogP contribution in [0.25, 0.3) is 0 Å². The number of carbonyl (C=O) groups excluding carboxylic acids is 1. The molecule has 0 fully saturated rings. The Kier molecular flexibility index (Phi) is 5.88. The number of alkyl carbamates (subject to hydrolysis) is 1. The fourth-order valence-electron chi connectivity index (χ4n) is 2.79. The normalized spacial score (nSPS) is 16.8. The summed E-state index contributed by atoms with van der Waals surface area (Å²) in [6.07, 6.45) is 2.73. The second-order valence-electron chi connectivity index (χ2n) is 6.89. The number of ether oxygens (including phenoxy) is 2. The maximum absolute atomic E-state index is 11.5. The minimum atomic E-state index is -0.449. The van der Waals surface area contributed by atoms with E-state index in [1.165, 1.54) is 11.1 Å². The predicted molar refractivity (Wildman–Crippen MR) is 90.9 cm³/mol. The lowest BCUT2D eigenvalue weighted by atomic mass is 10.1. The van der Waals surface area contributed by atoms with Gasteiger partial charge in [0.15, 0.2) is 0 Å². The molecule has 128 valence electrons. The molecule has 0 spiro atoms. The molecule has 0 saturated carbocycles. The molecule has 1 aliphatic carbocycles. The molecule has 2 N–H and O–H groups in total. The Hall–Kier alpha value is -1.75. The van der Waals surface area contributed by atoms with Crippen LogP contribution in [0.1, 0.15) is 50.8 Å². The SMILES string of the molecule is COc1ccc2c(c1)C(NCCCNC(=O)OC(C)(C)C)CC2. The molecule has 0 aromatic heterocycles. The smallest absolute Gasteiger partial charge is 0.407 e. The third kappa shape index (κ3) is 5.43. The zero-order chi connectivity index (χ0) is 16.9. The van der Waals surface area contributed by atoms with Gasteiger partial charge in [-0.25, -0.2) is 4.79 Å². The quantitative estimate of drug-likeness (QED) is 0.790. The van der Waals surface area contributed by atoms with E-state index in [9.17, 15) is 4.79 Å². The van der Waals surface area contributed by atoms with Crippen LogP contribution < -0.4 is 15.4 Å². The molecule has 0 heterocycles. The van der Waals surface area contributed by atoms with Gasteiger partial charge >= 0.3 is 6.09 Å². The van der Waals surface area contributed by atoms with E-state index in [0.717, 1.165) is 31.6 Å².